The number of hydrogen-bond donors (Lipinski definition) is 0. The number of esters is 1. The Balaban J connectivity index is 2.07. The zero-order chi connectivity index (χ0) is 12.3. The van der Waals surface area contributed by atoms with Crippen LogP contribution in [0.2, 0.25) is 0 Å². The van der Waals surface area contributed by atoms with Gasteiger partial charge in [0.1, 0.15) is 5.76 Å². The van der Waals surface area contributed by atoms with Crippen molar-refractivity contribution in [3.8, 4) is 0 Å². The second-order valence-corrected chi connectivity index (χ2v) is 4.28. The minimum atomic E-state index is -0.418. The minimum absolute atomic E-state index is 0.332. The molecule has 0 aliphatic rings. The van der Waals surface area contributed by atoms with Crippen LogP contribution in [0.4, 0.5) is 5.13 Å². The van der Waals surface area contributed by atoms with E-state index in [-0.39, 0.29) is 0 Å². The summed E-state index contributed by atoms with van der Waals surface area (Å²) in [7, 11) is 3.23. The maximum atomic E-state index is 11.3. The summed E-state index contributed by atoms with van der Waals surface area (Å²) in [6.45, 7) is 0.612. The predicted octanol–water partition coefficient (Wildman–Crippen LogP) is 2.16. The summed E-state index contributed by atoms with van der Waals surface area (Å²) >= 11 is 1.40. The quantitative estimate of drug-likeness (QED) is 0.780. The Morgan fingerprint density at radius 3 is 3.12 bits per heavy atom. The molecule has 17 heavy (non-hydrogen) atoms. The van der Waals surface area contributed by atoms with Crippen molar-refractivity contribution in [1.82, 2.24) is 4.98 Å². The number of rotatable bonds is 4. The maximum Gasteiger partial charge on any atom is 0.357 e. The molecule has 2 heterocycles. The lowest BCUT2D eigenvalue weighted by molar-refractivity contribution is 0.0595. The van der Waals surface area contributed by atoms with Crippen LogP contribution in [0.1, 0.15) is 16.2 Å². The number of carbonyl (C=O) groups excluding carboxylic acids is 1. The standard InChI is InChI=1S/C11H12N2O3S/c1-13(6-8-4-3-5-16-8)11-12-9(7-17-11)10(14)15-2/h3-5,7H,6H2,1-2H3. The van der Waals surface area contributed by atoms with E-state index in [4.69, 9.17) is 4.42 Å². The third-order valence-electron chi connectivity index (χ3n) is 2.19. The van der Waals surface area contributed by atoms with Crippen molar-refractivity contribution in [2.45, 2.75) is 6.54 Å². The first kappa shape index (κ1) is 11.7. The number of methoxy groups -OCH3 is 1. The average Bonchev–Trinajstić information content (AvgIpc) is 2.98. The summed E-state index contributed by atoms with van der Waals surface area (Å²) in [6.07, 6.45) is 1.63. The number of carbonyl (C=O) groups is 1. The average molecular weight is 252 g/mol. The minimum Gasteiger partial charge on any atom is -0.467 e. The van der Waals surface area contributed by atoms with Crippen molar-refractivity contribution in [2.24, 2.45) is 0 Å². The van der Waals surface area contributed by atoms with Crippen LogP contribution in [0.15, 0.2) is 28.2 Å². The van der Waals surface area contributed by atoms with Gasteiger partial charge in [-0.25, -0.2) is 9.78 Å². The largest absolute Gasteiger partial charge is 0.467 e. The molecular formula is C11H12N2O3S. The van der Waals surface area contributed by atoms with E-state index in [2.05, 4.69) is 9.72 Å². The molecular weight excluding hydrogens is 240 g/mol. The molecule has 0 spiro atoms. The molecule has 0 saturated carbocycles. The van der Waals surface area contributed by atoms with E-state index in [1.807, 2.05) is 24.1 Å². The Labute approximate surface area is 103 Å². The van der Waals surface area contributed by atoms with Crippen molar-refractivity contribution in [3.63, 3.8) is 0 Å². The zero-order valence-electron chi connectivity index (χ0n) is 9.54. The first-order chi connectivity index (χ1) is 8.20. The van der Waals surface area contributed by atoms with Crippen LogP contribution < -0.4 is 4.90 Å². The molecule has 0 aromatic carbocycles. The molecule has 0 aliphatic heterocycles. The molecule has 0 saturated heterocycles. The Morgan fingerprint density at radius 1 is 1.65 bits per heavy atom. The molecule has 2 rings (SSSR count). The van der Waals surface area contributed by atoms with Gasteiger partial charge in [0.2, 0.25) is 0 Å². The molecule has 5 nitrogen and oxygen atoms in total. The molecule has 2 aromatic rings. The molecule has 0 N–H and O–H groups in total. The zero-order valence-corrected chi connectivity index (χ0v) is 10.4. The van der Waals surface area contributed by atoms with E-state index in [0.717, 1.165) is 10.9 Å². The van der Waals surface area contributed by atoms with E-state index < -0.39 is 5.97 Å². The summed E-state index contributed by atoms with van der Waals surface area (Å²) in [4.78, 5) is 17.4. The lowest BCUT2D eigenvalue weighted by atomic mass is 10.4. The van der Waals surface area contributed by atoms with Crippen molar-refractivity contribution in [3.05, 3.63) is 35.2 Å². The van der Waals surface area contributed by atoms with Crippen LogP contribution in [0.5, 0.6) is 0 Å². The number of thiazole rings is 1. The van der Waals surface area contributed by atoms with Crippen LogP contribution >= 0.6 is 11.3 Å². The van der Waals surface area contributed by atoms with E-state index >= 15 is 0 Å². The van der Waals surface area contributed by atoms with Crippen LogP contribution in [-0.2, 0) is 11.3 Å². The Bertz CT molecular complexity index is 493. The first-order valence-electron chi connectivity index (χ1n) is 4.98. The maximum absolute atomic E-state index is 11.3. The predicted molar refractivity (Wildman–Crippen MR) is 64.3 cm³/mol. The van der Waals surface area contributed by atoms with Crippen LogP contribution in [0.25, 0.3) is 0 Å². The second-order valence-electron chi connectivity index (χ2n) is 3.44. The van der Waals surface area contributed by atoms with Crippen LogP contribution in [0.3, 0.4) is 0 Å². The lowest BCUT2D eigenvalue weighted by Crippen LogP contribution is -2.16. The highest BCUT2D eigenvalue weighted by Gasteiger charge is 2.13. The van der Waals surface area contributed by atoms with Gasteiger partial charge in [0.05, 0.1) is 19.9 Å². The molecule has 2 aromatic heterocycles. The SMILES string of the molecule is COC(=O)c1csc(N(C)Cc2ccco2)n1. The van der Waals surface area contributed by atoms with Gasteiger partial charge in [-0.1, -0.05) is 0 Å². The first-order valence-corrected chi connectivity index (χ1v) is 5.86. The van der Waals surface area contributed by atoms with Gasteiger partial charge in [-0.05, 0) is 12.1 Å². The molecule has 0 aliphatic carbocycles. The monoisotopic (exact) mass is 252 g/mol. The fraction of sp³-hybridized carbons (Fsp3) is 0.273. The van der Waals surface area contributed by atoms with Gasteiger partial charge in [-0.2, -0.15) is 0 Å². The molecule has 0 amide bonds. The van der Waals surface area contributed by atoms with Gasteiger partial charge >= 0.3 is 5.97 Å². The summed E-state index contributed by atoms with van der Waals surface area (Å²) in [6, 6.07) is 3.73. The summed E-state index contributed by atoms with van der Waals surface area (Å²) in [5.41, 5.74) is 0.332. The molecule has 0 radical (unpaired) electrons. The lowest BCUT2D eigenvalue weighted by Gasteiger charge is -2.13. The van der Waals surface area contributed by atoms with Gasteiger partial charge in [0.25, 0.3) is 0 Å². The van der Waals surface area contributed by atoms with Gasteiger partial charge < -0.3 is 14.1 Å². The van der Waals surface area contributed by atoms with E-state index in [1.165, 1.54) is 18.4 Å². The van der Waals surface area contributed by atoms with Crippen molar-refractivity contribution in [1.29, 1.82) is 0 Å². The third kappa shape index (κ3) is 2.65. The normalized spacial score (nSPS) is 10.2. The number of ether oxygens (including phenoxy) is 1. The van der Waals surface area contributed by atoms with Gasteiger partial charge in [0.15, 0.2) is 10.8 Å². The Hall–Kier alpha value is -1.82. The van der Waals surface area contributed by atoms with Crippen LogP contribution in [-0.4, -0.2) is 25.1 Å². The van der Waals surface area contributed by atoms with Crippen molar-refractivity contribution >= 4 is 22.4 Å². The fourth-order valence-electron chi connectivity index (χ4n) is 1.34. The Kier molecular flexibility index (Phi) is 3.43. The van der Waals surface area contributed by atoms with E-state index in [9.17, 15) is 4.79 Å². The van der Waals surface area contributed by atoms with E-state index in [1.54, 1.807) is 11.6 Å². The molecule has 90 valence electrons. The molecule has 0 atom stereocenters. The highest BCUT2D eigenvalue weighted by atomic mass is 32.1. The van der Waals surface area contributed by atoms with E-state index in [0.29, 0.717) is 12.2 Å². The molecule has 0 bridgehead atoms. The number of aromatic nitrogens is 1. The highest BCUT2D eigenvalue weighted by molar-refractivity contribution is 7.13. The van der Waals surface area contributed by atoms with Gasteiger partial charge in [-0.15, -0.1) is 11.3 Å². The van der Waals surface area contributed by atoms with Crippen molar-refractivity contribution in [2.75, 3.05) is 19.1 Å². The number of anilines is 1. The summed E-state index contributed by atoms with van der Waals surface area (Å²) in [5.74, 6) is 0.432. The second kappa shape index (κ2) is 5.01. The summed E-state index contributed by atoms with van der Waals surface area (Å²) < 4.78 is 9.85. The van der Waals surface area contributed by atoms with Crippen molar-refractivity contribution < 1.29 is 13.9 Å². The van der Waals surface area contributed by atoms with Gasteiger partial charge in [-0.3, -0.25) is 0 Å². The fourth-order valence-corrected chi connectivity index (χ4v) is 2.10. The Morgan fingerprint density at radius 2 is 2.47 bits per heavy atom. The topological polar surface area (TPSA) is 55.6 Å². The molecule has 0 unspecified atom stereocenters. The third-order valence-corrected chi connectivity index (χ3v) is 3.14. The number of hydrogen-bond acceptors (Lipinski definition) is 6. The smallest absolute Gasteiger partial charge is 0.357 e. The molecule has 6 heteroatoms. The molecule has 0 fully saturated rings. The number of nitrogens with zero attached hydrogens (tertiary/aromatic N) is 2. The summed E-state index contributed by atoms with van der Waals surface area (Å²) in [5, 5.41) is 2.43. The van der Waals surface area contributed by atoms with Gasteiger partial charge in [0, 0.05) is 12.4 Å². The highest BCUT2D eigenvalue weighted by Crippen LogP contribution is 2.21. The number of furan rings is 1. The van der Waals surface area contributed by atoms with Crippen LogP contribution in [0, 0.1) is 0 Å².